The van der Waals surface area contributed by atoms with Crippen molar-refractivity contribution in [1.29, 1.82) is 0 Å². The Morgan fingerprint density at radius 1 is 1.19 bits per heavy atom. The first-order valence-electron chi connectivity index (χ1n) is 9.30. The van der Waals surface area contributed by atoms with Gasteiger partial charge in [-0.2, -0.15) is 4.31 Å². The number of nitro benzene ring substituents is 1. The Bertz CT molecular complexity index is 1120. The van der Waals surface area contributed by atoms with Crippen LogP contribution in [0.5, 0.6) is 0 Å². The van der Waals surface area contributed by atoms with Crippen molar-refractivity contribution in [3.05, 3.63) is 62.9 Å². The summed E-state index contributed by atoms with van der Waals surface area (Å²) in [7, 11) is -3.84. The summed E-state index contributed by atoms with van der Waals surface area (Å²) in [5.41, 5.74) is 0.613. The van der Waals surface area contributed by atoms with Gasteiger partial charge in [-0.25, -0.2) is 12.8 Å². The molecule has 0 aromatic heterocycles. The fourth-order valence-corrected chi connectivity index (χ4v) is 4.90. The molecule has 3 rings (SSSR count). The Morgan fingerprint density at radius 3 is 2.48 bits per heavy atom. The molecule has 1 amide bonds. The summed E-state index contributed by atoms with van der Waals surface area (Å²) in [6.45, 7) is 2.52. The number of anilines is 1. The van der Waals surface area contributed by atoms with Crippen LogP contribution in [0.15, 0.2) is 41.3 Å². The van der Waals surface area contributed by atoms with Crippen LogP contribution in [-0.4, -0.2) is 61.2 Å². The number of aryl methyl sites for hydroxylation is 1. The molecule has 0 atom stereocenters. The molecule has 166 valence electrons. The molecule has 0 spiro atoms. The molecule has 1 fully saturated rings. The van der Waals surface area contributed by atoms with Gasteiger partial charge in [0.05, 0.1) is 21.4 Å². The van der Waals surface area contributed by atoms with Crippen LogP contribution in [0.3, 0.4) is 0 Å². The van der Waals surface area contributed by atoms with Crippen molar-refractivity contribution in [1.82, 2.24) is 9.21 Å². The highest BCUT2D eigenvalue weighted by Gasteiger charge is 2.29. The van der Waals surface area contributed by atoms with E-state index < -0.39 is 26.7 Å². The largest absolute Gasteiger partial charge is 0.319 e. The van der Waals surface area contributed by atoms with Gasteiger partial charge in [-0.3, -0.25) is 19.8 Å². The number of hydrogen-bond acceptors (Lipinski definition) is 6. The zero-order chi connectivity index (χ0) is 22.8. The number of nitrogens with one attached hydrogen (secondary N) is 1. The molecule has 1 aliphatic rings. The van der Waals surface area contributed by atoms with E-state index in [0.29, 0.717) is 5.56 Å². The molecule has 31 heavy (non-hydrogen) atoms. The fraction of sp³-hybridized carbons (Fsp3) is 0.316. The lowest BCUT2D eigenvalue weighted by atomic mass is 10.2. The molecule has 0 saturated carbocycles. The summed E-state index contributed by atoms with van der Waals surface area (Å²) in [4.78, 5) is 24.6. The number of benzene rings is 2. The molecule has 1 saturated heterocycles. The minimum Gasteiger partial charge on any atom is -0.319 e. The minimum atomic E-state index is -3.84. The average Bonchev–Trinajstić information content (AvgIpc) is 2.71. The number of nitro groups is 1. The number of halogens is 2. The summed E-state index contributed by atoms with van der Waals surface area (Å²) in [6, 6.07) is 7.74. The van der Waals surface area contributed by atoms with Crippen LogP contribution in [0, 0.1) is 22.9 Å². The lowest BCUT2D eigenvalue weighted by Crippen LogP contribution is -2.50. The molecule has 2 aromatic carbocycles. The van der Waals surface area contributed by atoms with Crippen molar-refractivity contribution in [2.75, 3.05) is 38.0 Å². The van der Waals surface area contributed by atoms with E-state index in [1.807, 2.05) is 0 Å². The van der Waals surface area contributed by atoms with Crippen LogP contribution >= 0.6 is 11.6 Å². The quantitative estimate of drug-likeness (QED) is 0.513. The van der Waals surface area contributed by atoms with E-state index in [1.54, 1.807) is 17.9 Å². The summed E-state index contributed by atoms with van der Waals surface area (Å²) < 4.78 is 40.0. The van der Waals surface area contributed by atoms with Gasteiger partial charge in [0.25, 0.3) is 5.69 Å². The van der Waals surface area contributed by atoms with Gasteiger partial charge in [-0.1, -0.05) is 17.7 Å². The Morgan fingerprint density at radius 2 is 1.87 bits per heavy atom. The second-order valence-corrected chi connectivity index (χ2v) is 9.43. The highest BCUT2D eigenvalue weighted by atomic mass is 35.5. The molecule has 0 bridgehead atoms. The number of rotatable bonds is 6. The molecule has 0 unspecified atom stereocenters. The van der Waals surface area contributed by atoms with E-state index in [4.69, 9.17) is 11.6 Å². The van der Waals surface area contributed by atoms with Crippen molar-refractivity contribution in [2.45, 2.75) is 11.8 Å². The molecular weight excluding hydrogens is 451 g/mol. The number of hydrogen-bond donors (Lipinski definition) is 1. The van der Waals surface area contributed by atoms with Crippen LogP contribution in [0.2, 0.25) is 5.02 Å². The zero-order valence-corrected chi connectivity index (χ0v) is 18.1. The van der Waals surface area contributed by atoms with E-state index in [0.717, 1.165) is 18.2 Å². The number of sulfonamides is 1. The predicted molar refractivity (Wildman–Crippen MR) is 113 cm³/mol. The van der Waals surface area contributed by atoms with Gasteiger partial charge in [-0.05, 0) is 36.8 Å². The zero-order valence-electron chi connectivity index (χ0n) is 16.5. The third-order valence-electron chi connectivity index (χ3n) is 4.85. The van der Waals surface area contributed by atoms with Crippen LogP contribution in [0.4, 0.5) is 15.8 Å². The first-order valence-corrected chi connectivity index (χ1v) is 11.1. The minimum absolute atomic E-state index is 0.0404. The maximum atomic E-state index is 13.3. The number of carbonyl (C=O) groups excluding carboxylic acids is 1. The highest BCUT2D eigenvalue weighted by molar-refractivity contribution is 7.89. The van der Waals surface area contributed by atoms with E-state index in [2.05, 4.69) is 5.32 Å². The van der Waals surface area contributed by atoms with Crippen molar-refractivity contribution in [3.8, 4) is 0 Å². The number of carbonyl (C=O) groups is 1. The third-order valence-corrected chi connectivity index (χ3v) is 7.04. The van der Waals surface area contributed by atoms with Crippen molar-refractivity contribution in [3.63, 3.8) is 0 Å². The van der Waals surface area contributed by atoms with Crippen LogP contribution in [0.1, 0.15) is 5.56 Å². The Kier molecular flexibility index (Phi) is 6.90. The Labute approximate surface area is 183 Å². The summed E-state index contributed by atoms with van der Waals surface area (Å²) in [6.07, 6.45) is 0. The van der Waals surface area contributed by atoms with Crippen molar-refractivity contribution < 1.29 is 22.5 Å². The SMILES string of the molecule is Cc1ccc(NC(=O)CN2CCN(S(=O)(=O)c3ccc(F)c(Cl)c3)CC2)c([N+](=O)[O-])c1. The van der Waals surface area contributed by atoms with Gasteiger partial charge in [0.1, 0.15) is 11.5 Å². The summed E-state index contributed by atoms with van der Waals surface area (Å²) in [5.74, 6) is -1.14. The van der Waals surface area contributed by atoms with Crippen LogP contribution < -0.4 is 5.32 Å². The Balaban J connectivity index is 1.59. The average molecular weight is 471 g/mol. The standard InChI is InChI=1S/C19H20ClFN4O5S/c1-13-2-5-17(18(10-13)25(27)28)22-19(26)12-23-6-8-24(9-7-23)31(29,30)14-3-4-16(21)15(20)11-14/h2-5,10-11H,6-9,12H2,1H3,(H,22,26). The number of nitrogens with zero attached hydrogens (tertiary/aromatic N) is 3. The predicted octanol–water partition coefficient (Wildman–Crippen LogP) is 2.64. The lowest BCUT2D eigenvalue weighted by Gasteiger charge is -2.33. The lowest BCUT2D eigenvalue weighted by molar-refractivity contribution is -0.384. The van der Waals surface area contributed by atoms with E-state index in [9.17, 15) is 27.7 Å². The molecule has 1 aliphatic heterocycles. The van der Waals surface area contributed by atoms with E-state index in [-0.39, 0.29) is 54.0 Å². The molecule has 9 nitrogen and oxygen atoms in total. The topological polar surface area (TPSA) is 113 Å². The first-order chi connectivity index (χ1) is 14.6. The van der Waals surface area contributed by atoms with Crippen molar-refractivity contribution in [2.24, 2.45) is 0 Å². The van der Waals surface area contributed by atoms with Crippen LogP contribution in [-0.2, 0) is 14.8 Å². The maximum absolute atomic E-state index is 13.3. The molecule has 1 N–H and O–H groups in total. The second-order valence-electron chi connectivity index (χ2n) is 7.08. The summed E-state index contributed by atoms with van der Waals surface area (Å²) in [5, 5.41) is 13.4. The van der Waals surface area contributed by atoms with Gasteiger partial charge in [0.2, 0.25) is 15.9 Å². The fourth-order valence-electron chi connectivity index (χ4n) is 3.21. The van der Waals surface area contributed by atoms with Gasteiger partial charge < -0.3 is 5.32 Å². The molecule has 1 heterocycles. The summed E-state index contributed by atoms with van der Waals surface area (Å²) >= 11 is 5.69. The monoisotopic (exact) mass is 470 g/mol. The number of piperazine rings is 1. The van der Waals surface area contributed by atoms with Gasteiger partial charge in [0, 0.05) is 32.2 Å². The molecule has 0 aliphatic carbocycles. The molecule has 2 aromatic rings. The second kappa shape index (κ2) is 9.27. The van der Waals surface area contributed by atoms with E-state index >= 15 is 0 Å². The molecular formula is C19H20ClFN4O5S. The molecule has 12 heteroatoms. The smallest absolute Gasteiger partial charge is 0.293 e. The Hall–Kier alpha value is -2.60. The van der Waals surface area contributed by atoms with Crippen molar-refractivity contribution >= 4 is 38.9 Å². The number of amides is 1. The maximum Gasteiger partial charge on any atom is 0.293 e. The van der Waals surface area contributed by atoms with Crippen LogP contribution in [0.25, 0.3) is 0 Å². The van der Waals surface area contributed by atoms with Gasteiger partial charge >= 0.3 is 0 Å². The van der Waals surface area contributed by atoms with Gasteiger partial charge in [0.15, 0.2) is 0 Å². The third kappa shape index (κ3) is 5.37. The van der Waals surface area contributed by atoms with E-state index in [1.165, 1.54) is 16.4 Å². The first kappa shape index (κ1) is 23.1. The normalized spacial score (nSPS) is 15.6. The molecule has 0 radical (unpaired) electrons. The van der Waals surface area contributed by atoms with Gasteiger partial charge in [-0.15, -0.1) is 0 Å². The highest BCUT2D eigenvalue weighted by Crippen LogP contribution is 2.26.